The molecule has 1 unspecified atom stereocenters. The lowest BCUT2D eigenvalue weighted by atomic mass is 10.0. The van der Waals surface area contributed by atoms with Crippen LogP contribution in [0.3, 0.4) is 0 Å². The Morgan fingerprint density at radius 2 is 2.18 bits per heavy atom. The molecule has 1 atom stereocenters. The van der Waals surface area contributed by atoms with E-state index in [0.717, 1.165) is 40.8 Å². The number of nitrogens with zero attached hydrogens (tertiary/aromatic N) is 3. The van der Waals surface area contributed by atoms with Crippen molar-refractivity contribution in [3.05, 3.63) is 47.7 Å². The number of aryl methyl sites for hydroxylation is 1. The van der Waals surface area contributed by atoms with Crippen LogP contribution < -0.4 is 10.6 Å². The maximum absolute atomic E-state index is 13.1. The zero-order chi connectivity index (χ0) is 19.7. The van der Waals surface area contributed by atoms with Gasteiger partial charge in [-0.2, -0.15) is 5.10 Å². The molecule has 0 bridgehead atoms. The minimum Gasteiger partial charge on any atom is -0.350 e. The van der Waals surface area contributed by atoms with E-state index >= 15 is 0 Å². The van der Waals surface area contributed by atoms with Crippen molar-refractivity contribution >= 4 is 16.9 Å². The van der Waals surface area contributed by atoms with Gasteiger partial charge in [-0.1, -0.05) is 24.3 Å². The van der Waals surface area contributed by atoms with E-state index in [1.54, 1.807) is 6.20 Å². The van der Waals surface area contributed by atoms with Gasteiger partial charge >= 0.3 is 0 Å². The number of pyridine rings is 1. The molecule has 1 saturated heterocycles. The third-order valence-electron chi connectivity index (χ3n) is 5.39. The van der Waals surface area contributed by atoms with Gasteiger partial charge in [0.15, 0.2) is 5.65 Å². The van der Waals surface area contributed by atoms with Crippen molar-refractivity contribution in [2.75, 3.05) is 13.1 Å². The van der Waals surface area contributed by atoms with Crippen LogP contribution in [-0.4, -0.2) is 39.8 Å². The van der Waals surface area contributed by atoms with Gasteiger partial charge in [0.25, 0.3) is 5.91 Å². The fourth-order valence-electron chi connectivity index (χ4n) is 3.82. The first-order chi connectivity index (χ1) is 13.5. The topological polar surface area (TPSA) is 71.8 Å². The molecule has 28 heavy (non-hydrogen) atoms. The molecule has 3 heterocycles. The molecule has 4 rings (SSSR count). The Labute approximate surface area is 165 Å². The van der Waals surface area contributed by atoms with Crippen molar-refractivity contribution < 1.29 is 4.79 Å². The highest BCUT2D eigenvalue weighted by Crippen LogP contribution is 2.28. The lowest BCUT2D eigenvalue weighted by molar-refractivity contribution is 0.0952. The Kier molecular flexibility index (Phi) is 5.13. The van der Waals surface area contributed by atoms with Crippen LogP contribution in [0, 0.1) is 6.92 Å². The number of carbonyl (C=O) groups excluding carboxylic acids is 1. The number of carbonyl (C=O) groups is 1. The lowest BCUT2D eigenvalue weighted by Crippen LogP contribution is -2.37. The predicted molar refractivity (Wildman–Crippen MR) is 111 cm³/mol. The second-order valence-electron chi connectivity index (χ2n) is 7.79. The van der Waals surface area contributed by atoms with Crippen molar-refractivity contribution in [1.29, 1.82) is 0 Å². The Balaban J connectivity index is 1.77. The van der Waals surface area contributed by atoms with Gasteiger partial charge < -0.3 is 10.6 Å². The number of hydrogen-bond donors (Lipinski definition) is 2. The van der Waals surface area contributed by atoms with Crippen molar-refractivity contribution in [3.8, 4) is 11.3 Å². The average Bonchev–Trinajstić information content (AvgIpc) is 3.35. The monoisotopic (exact) mass is 377 g/mol. The van der Waals surface area contributed by atoms with Crippen LogP contribution in [0.25, 0.3) is 22.3 Å². The van der Waals surface area contributed by atoms with Gasteiger partial charge in [0.05, 0.1) is 22.8 Å². The SMILES string of the molecule is Cc1ccccc1-c1cc(C(=O)NCC2CCCN2)c2cnn(C(C)C)c2n1. The fraction of sp³-hybridized carbons (Fsp3) is 0.409. The van der Waals surface area contributed by atoms with Gasteiger partial charge in [-0.3, -0.25) is 4.79 Å². The number of nitrogens with one attached hydrogen (secondary N) is 2. The molecule has 0 radical (unpaired) electrons. The summed E-state index contributed by atoms with van der Waals surface area (Å²) in [6.07, 6.45) is 4.02. The first-order valence-corrected chi connectivity index (χ1v) is 10.0. The molecule has 146 valence electrons. The van der Waals surface area contributed by atoms with Gasteiger partial charge in [-0.15, -0.1) is 0 Å². The van der Waals surface area contributed by atoms with Gasteiger partial charge in [0.1, 0.15) is 0 Å². The van der Waals surface area contributed by atoms with E-state index in [4.69, 9.17) is 4.98 Å². The summed E-state index contributed by atoms with van der Waals surface area (Å²) in [6, 6.07) is 10.5. The smallest absolute Gasteiger partial charge is 0.252 e. The fourth-order valence-corrected chi connectivity index (χ4v) is 3.82. The Morgan fingerprint density at radius 3 is 2.89 bits per heavy atom. The van der Waals surface area contributed by atoms with Gasteiger partial charge in [0.2, 0.25) is 0 Å². The largest absolute Gasteiger partial charge is 0.350 e. The molecule has 1 fully saturated rings. The highest BCUT2D eigenvalue weighted by Gasteiger charge is 2.20. The quantitative estimate of drug-likeness (QED) is 0.714. The predicted octanol–water partition coefficient (Wildman–Crippen LogP) is 3.47. The summed E-state index contributed by atoms with van der Waals surface area (Å²) in [7, 11) is 0. The van der Waals surface area contributed by atoms with Gasteiger partial charge in [0, 0.05) is 24.2 Å². The number of aromatic nitrogens is 3. The maximum Gasteiger partial charge on any atom is 0.252 e. The van der Waals surface area contributed by atoms with E-state index in [0.29, 0.717) is 18.2 Å². The van der Waals surface area contributed by atoms with Crippen LogP contribution in [0.5, 0.6) is 0 Å². The van der Waals surface area contributed by atoms with E-state index in [9.17, 15) is 4.79 Å². The summed E-state index contributed by atoms with van der Waals surface area (Å²) in [5.41, 5.74) is 4.35. The molecule has 6 heteroatoms. The normalized spacial score (nSPS) is 16.8. The summed E-state index contributed by atoms with van der Waals surface area (Å²) in [5, 5.41) is 11.8. The van der Waals surface area contributed by atoms with Gasteiger partial charge in [-0.25, -0.2) is 9.67 Å². The lowest BCUT2D eigenvalue weighted by Gasteiger charge is -2.14. The first-order valence-electron chi connectivity index (χ1n) is 10.0. The number of fused-ring (bicyclic) bond motifs is 1. The minimum atomic E-state index is -0.0701. The molecular formula is C22H27N5O. The molecule has 1 aromatic carbocycles. The molecule has 2 N–H and O–H groups in total. The highest BCUT2D eigenvalue weighted by atomic mass is 16.1. The van der Waals surface area contributed by atoms with Crippen LogP contribution in [0.1, 0.15) is 48.7 Å². The van der Waals surface area contributed by atoms with Crippen LogP contribution in [0.4, 0.5) is 0 Å². The first kappa shape index (κ1) is 18.6. The Morgan fingerprint density at radius 1 is 1.36 bits per heavy atom. The van der Waals surface area contributed by atoms with Crippen LogP contribution in [0.2, 0.25) is 0 Å². The molecule has 6 nitrogen and oxygen atoms in total. The number of benzene rings is 1. The molecule has 2 aromatic heterocycles. The second kappa shape index (κ2) is 7.72. The summed E-state index contributed by atoms with van der Waals surface area (Å²) in [4.78, 5) is 17.9. The van der Waals surface area contributed by atoms with Crippen LogP contribution in [0.15, 0.2) is 36.5 Å². The van der Waals surface area contributed by atoms with E-state index < -0.39 is 0 Å². The molecule has 1 amide bonds. The Hall–Kier alpha value is -2.73. The Bertz CT molecular complexity index is 1000. The highest BCUT2D eigenvalue weighted by molar-refractivity contribution is 6.06. The zero-order valence-corrected chi connectivity index (χ0v) is 16.7. The number of rotatable bonds is 5. The third kappa shape index (κ3) is 3.52. The van der Waals surface area contributed by atoms with Crippen molar-refractivity contribution in [2.24, 2.45) is 0 Å². The molecule has 1 aliphatic heterocycles. The standard InChI is InChI=1S/C22H27N5O/c1-14(2)27-21-19(13-25-27)18(22(28)24-12-16-8-6-10-23-16)11-20(26-21)17-9-5-4-7-15(17)3/h4-5,7,9,11,13-14,16,23H,6,8,10,12H2,1-3H3,(H,24,28). The molecule has 3 aromatic rings. The second-order valence-corrected chi connectivity index (χ2v) is 7.79. The van der Waals surface area contributed by atoms with Crippen molar-refractivity contribution in [2.45, 2.75) is 45.7 Å². The summed E-state index contributed by atoms with van der Waals surface area (Å²) >= 11 is 0. The van der Waals surface area contributed by atoms with E-state index in [-0.39, 0.29) is 11.9 Å². The van der Waals surface area contributed by atoms with Crippen molar-refractivity contribution in [3.63, 3.8) is 0 Å². The summed E-state index contributed by atoms with van der Waals surface area (Å²) in [6.45, 7) is 7.87. The molecular weight excluding hydrogens is 350 g/mol. The molecule has 1 aliphatic rings. The van der Waals surface area contributed by atoms with Crippen LogP contribution >= 0.6 is 0 Å². The molecule has 0 saturated carbocycles. The van der Waals surface area contributed by atoms with E-state index in [1.807, 2.05) is 28.9 Å². The van der Waals surface area contributed by atoms with Crippen LogP contribution in [-0.2, 0) is 0 Å². The molecule has 0 aliphatic carbocycles. The maximum atomic E-state index is 13.1. The van der Waals surface area contributed by atoms with E-state index in [1.165, 1.54) is 6.42 Å². The third-order valence-corrected chi connectivity index (χ3v) is 5.39. The van der Waals surface area contributed by atoms with Crippen molar-refractivity contribution in [1.82, 2.24) is 25.4 Å². The average molecular weight is 377 g/mol. The van der Waals surface area contributed by atoms with Gasteiger partial charge in [-0.05, 0) is 51.8 Å². The molecule has 0 spiro atoms. The zero-order valence-electron chi connectivity index (χ0n) is 16.7. The number of amides is 1. The summed E-state index contributed by atoms with van der Waals surface area (Å²) in [5.74, 6) is -0.0701. The minimum absolute atomic E-state index is 0.0701. The summed E-state index contributed by atoms with van der Waals surface area (Å²) < 4.78 is 1.88. The number of hydrogen-bond acceptors (Lipinski definition) is 4. The van der Waals surface area contributed by atoms with E-state index in [2.05, 4.69) is 42.6 Å².